The molecule has 0 aliphatic heterocycles. The Bertz CT molecular complexity index is 469. The summed E-state index contributed by atoms with van der Waals surface area (Å²) in [5.41, 5.74) is 2.13. The Hall–Kier alpha value is -1.12. The zero-order valence-electron chi connectivity index (χ0n) is 10.9. The predicted octanol–water partition coefficient (Wildman–Crippen LogP) is 3.01. The van der Waals surface area contributed by atoms with Crippen molar-refractivity contribution < 1.29 is 4.79 Å². The summed E-state index contributed by atoms with van der Waals surface area (Å²) < 4.78 is 2.12. The van der Waals surface area contributed by atoms with Gasteiger partial charge in [0.1, 0.15) is 0 Å². The SMILES string of the molecule is CC(C1CC1)n1ncc2c1CC(C)(C)CC2=O. The average molecular weight is 232 g/mol. The third kappa shape index (κ3) is 1.81. The Morgan fingerprint density at radius 3 is 2.76 bits per heavy atom. The van der Waals surface area contributed by atoms with Gasteiger partial charge in [-0.2, -0.15) is 5.10 Å². The molecule has 0 radical (unpaired) electrons. The molecule has 0 saturated heterocycles. The van der Waals surface area contributed by atoms with E-state index in [0.717, 1.165) is 17.9 Å². The van der Waals surface area contributed by atoms with E-state index in [4.69, 9.17) is 0 Å². The Morgan fingerprint density at radius 1 is 1.41 bits per heavy atom. The number of hydrogen-bond acceptors (Lipinski definition) is 2. The third-order valence-corrected chi connectivity index (χ3v) is 4.17. The number of nitrogens with zero attached hydrogens (tertiary/aromatic N) is 2. The minimum Gasteiger partial charge on any atom is -0.294 e. The molecule has 92 valence electrons. The number of Topliss-reactive ketones (excluding diaryl/α,β-unsaturated/α-hetero) is 1. The summed E-state index contributed by atoms with van der Waals surface area (Å²) in [5, 5.41) is 4.47. The van der Waals surface area contributed by atoms with Crippen LogP contribution in [0.3, 0.4) is 0 Å². The lowest BCUT2D eigenvalue weighted by Gasteiger charge is -2.30. The van der Waals surface area contributed by atoms with Crippen LogP contribution in [0.5, 0.6) is 0 Å². The molecule has 0 N–H and O–H groups in total. The van der Waals surface area contributed by atoms with Crippen molar-refractivity contribution in [1.29, 1.82) is 0 Å². The fourth-order valence-electron chi connectivity index (χ4n) is 2.97. The lowest BCUT2D eigenvalue weighted by atomic mass is 9.76. The Morgan fingerprint density at radius 2 is 2.12 bits per heavy atom. The summed E-state index contributed by atoms with van der Waals surface area (Å²) in [7, 11) is 0. The van der Waals surface area contributed by atoms with Crippen molar-refractivity contribution in [3.8, 4) is 0 Å². The van der Waals surface area contributed by atoms with Gasteiger partial charge in [0.05, 0.1) is 23.5 Å². The second-order valence-corrected chi connectivity index (χ2v) is 6.47. The summed E-state index contributed by atoms with van der Waals surface area (Å²) in [6, 6.07) is 0.459. The maximum Gasteiger partial charge on any atom is 0.166 e. The van der Waals surface area contributed by atoms with Gasteiger partial charge < -0.3 is 0 Å². The summed E-state index contributed by atoms with van der Waals surface area (Å²) in [4.78, 5) is 12.1. The van der Waals surface area contributed by atoms with Crippen molar-refractivity contribution in [1.82, 2.24) is 9.78 Å². The van der Waals surface area contributed by atoms with Crippen LogP contribution in [0, 0.1) is 11.3 Å². The first-order chi connectivity index (χ1) is 7.98. The van der Waals surface area contributed by atoms with Crippen LogP contribution in [0.4, 0.5) is 0 Å². The van der Waals surface area contributed by atoms with E-state index in [1.54, 1.807) is 6.20 Å². The summed E-state index contributed by atoms with van der Waals surface area (Å²) >= 11 is 0. The number of rotatable bonds is 2. The molecule has 2 aliphatic carbocycles. The van der Waals surface area contributed by atoms with Crippen molar-refractivity contribution in [3.63, 3.8) is 0 Å². The third-order valence-electron chi connectivity index (χ3n) is 4.17. The molecule has 0 bridgehead atoms. The molecule has 1 fully saturated rings. The molecule has 1 saturated carbocycles. The van der Waals surface area contributed by atoms with Crippen molar-refractivity contribution in [3.05, 3.63) is 17.5 Å². The molecule has 1 atom stereocenters. The van der Waals surface area contributed by atoms with E-state index in [1.807, 2.05) is 0 Å². The number of fused-ring (bicyclic) bond motifs is 1. The first-order valence-electron chi connectivity index (χ1n) is 6.57. The zero-order valence-corrected chi connectivity index (χ0v) is 10.9. The van der Waals surface area contributed by atoms with Crippen LogP contribution in [-0.2, 0) is 6.42 Å². The highest BCUT2D eigenvalue weighted by Gasteiger charge is 2.37. The van der Waals surface area contributed by atoms with E-state index >= 15 is 0 Å². The van der Waals surface area contributed by atoms with Gasteiger partial charge in [-0.1, -0.05) is 13.8 Å². The highest BCUT2D eigenvalue weighted by atomic mass is 16.1. The quantitative estimate of drug-likeness (QED) is 0.785. The van der Waals surface area contributed by atoms with Crippen molar-refractivity contribution in [2.24, 2.45) is 11.3 Å². The van der Waals surface area contributed by atoms with E-state index in [0.29, 0.717) is 12.5 Å². The van der Waals surface area contributed by atoms with Crippen LogP contribution >= 0.6 is 0 Å². The molecular weight excluding hydrogens is 212 g/mol. The largest absolute Gasteiger partial charge is 0.294 e. The molecule has 2 aliphatic rings. The zero-order chi connectivity index (χ0) is 12.2. The van der Waals surface area contributed by atoms with Crippen LogP contribution in [-0.4, -0.2) is 15.6 Å². The molecular formula is C14H20N2O. The molecule has 3 rings (SSSR count). The molecule has 17 heavy (non-hydrogen) atoms. The number of hydrogen-bond donors (Lipinski definition) is 0. The number of carbonyl (C=O) groups is 1. The van der Waals surface area contributed by atoms with E-state index in [9.17, 15) is 4.79 Å². The average Bonchev–Trinajstić information content (AvgIpc) is 2.97. The summed E-state index contributed by atoms with van der Waals surface area (Å²) in [6.07, 6.45) is 6.04. The maximum absolute atomic E-state index is 12.1. The van der Waals surface area contributed by atoms with Crippen LogP contribution in [0.15, 0.2) is 6.20 Å². The fourth-order valence-corrected chi connectivity index (χ4v) is 2.97. The fraction of sp³-hybridized carbons (Fsp3) is 0.714. The predicted molar refractivity (Wildman–Crippen MR) is 66.1 cm³/mol. The minimum absolute atomic E-state index is 0.0884. The molecule has 3 heteroatoms. The van der Waals surface area contributed by atoms with E-state index in [-0.39, 0.29) is 11.2 Å². The summed E-state index contributed by atoms with van der Waals surface area (Å²) in [6.45, 7) is 6.58. The molecule has 3 nitrogen and oxygen atoms in total. The van der Waals surface area contributed by atoms with Gasteiger partial charge in [0.15, 0.2) is 5.78 Å². The topological polar surface area (TPSA) is 34.9 Å². The van der Waals surface area contributed by atoms with E-state index in [2.05, 4.69) is 30.6 Å². The standard InChI is InChI=1S/C14H20N2O/c1-9(10-4-5-10)16-12-6-14(2,3)7-13(17)11(12)8-15-16/h8-10H,4-7H2,1-3H3. The van der Waals surface area contributed by atoms with E-state index < -0.39 is 0 Å². The van der Waals surface area contributed by atoms with Gasteiger partial charge in [-0.3, -0.25) is 9.48 Å². The van der Waals surface area contributed by atoms with Gasteiger partial charge in [0.25, 0.3) is 0 Å². The van der Waals surface area contributed by atoms with E-state index in [1.165, 1.54) is 18.5 Å². The minimum atomic E-state index is 0.0884. The second-order valence-electron chi connectivity index (χ2n) is 6.47. The normalized spacial score (nSPS) is 24.5. The van der Waals surface area contributed by atoms with Crippen molar-refractivity contribution >= 4 is 5.78 Å². The molecule has 0 spiro atoms. The van der Waals surface area contributed by atoms with Gasteiger partial charge in [-0.15, -0.1) is 0 Å². The van der Waals surface area contributed by atoms with Gasteiger partial charge in [-0.25, -0.2) is 0 Å². The first kappa shape index (κ1) is 11.0. The summed E-state index contributed by atoms with van der Waals surface area (Å²) in [5.74, 6) is 1.05. The molecule has 1 aromatic rings. The number of aromatic nitrogens is 2. The number of ketones is 1. The van der Waals surface area contributed by atoms with Gasteiger partial charge in [0.2, 0.25) is 0 Å². The second kappa shape index (κ2) is 3.44. The van der Waals surface area contributed by atoms with Gasteiger partial charge in [0, 0.05) is 6.42 Å². The maximum atomic E-state index is 12.1. The first-order valence-corrected chi connectivity index (χ1v) is 6.57. The smallest absolute Gasteiger partial charge is 0.166 e. The lowest BCUT2D eigenvalue weighted by molar-refractivity contribution is 0.0909. The molecule has 0 amide bonds. The van der Waals surface area contributed by atoms with Crippen molar-refractivity contribution in [2.45, 2.75) is 52.5 Å². The van der Waals surface area contributed by atoms with Crippen LogP contribution < -0.4 is 0 Å². The Balaban J connectivity index is 2.00. The monoisotopic (exact) mass is 232 g/mol. The Labute approximate surface area is 102 Å². The Kier molecular flexibility index (Phi) is 2.22. The molecule has 0 aromatic carbocycles. The highest BCUT2D eigenvalue weighted by Crippen LogP contribution is 2.42. The highest BCUT2D eigenvalue weighted by molar-refractivity contribution is 5.98. The van der Waals surface area contributed by atoms with Crippen LogP contribution in [0.1, 0.15) is 62.1 Å². The lowest BCUT2D eigenvalue weighted by Crippen LogP contribution is -2.29. The van der Waals surface area contributed by atoms with Crippen LogP contribution in [0.25, 0.3) is 0 Å². The molecule has 1 unspecified atom stereocenters. The van der Waals surface area contributed by atoms with Crippen LogP contribution in [0.2, 0.25) is 0 Å². The van der Waals surface area contributed by atoms with Gasteiger partial charge in [-0.05, 0) is 37.5 Å². The molecule has 1 aromatic heterocycles. The van der Waals surface area contributed by atoms with Gasteiger partial charge >= 0.3 is 0 Å². The van der Waals surface area contributed by atoms with Crippen molar-refractivity contribution in [2.75, 3.05) is 0 Å². The molecule has 1 heterocycles. The number of carbonyl (C=O) groups excluding carboxylic acids is 1.